The van der Waals surface area contributed by atoms with Gasteiger partial charge in [-0.1, -0.05) is 20.8 Å². The number of ether oxygens (including phenoxy) is 1. The highest BCUT2D eigenvalue weighted by Gasteiger charge is 2.63. The van der Waals surface area contributed by atoms with E-state index in [1.807, 2.05) is 0 Å². The van der Waals surface area contributed by atoms with Gasteiger partial charge in [0.25, 0.3) is 0 Å². The minimum atomic E-state index is -3.48. The SMILES string of the molecule is CC1(C)C2CCC1(C)C(OC(=O)C(C)(C)S(C)(=O)=O)C2. The lowest BCUT2D eigenvalue weighted by Crippen LogP contribution is -2.46. The van der Waals surface area contributed by atoms with Gasteiger partial charge in [0.2, 0.25) is 0 Å². The van der Waals surface area contributed by atoms with Crippen molar-refractivity contribution in [3.05, 3.63) is 0 Å². The Kier molecular flexibility index (Phi) is 3.33. The zero-order chi connectivity index (χ0) is 15.6. The summed E-state index contributed by atoms with van der Waals surface area (Å²) in [7, 11) is -3.48. The molecule has 5 heteroatoms. The van der Waals surface area contributed by atoms with Crippen LogP contribution in [0, 0.1) is 16.7 Å². The van der Waals surface area contributed by atoms with Crippen molar-refractivity contribution in [2.45, 2.75) is 64.7 Å². The maximum absolute atomic E-state index is 12.3. The van der Waals surface area contributed by atoms with Gasteiger partial charge in [0, 0.05) is 11.7 Å². The van der Waals surface area contributed by atoms with Gasteiger partial charge < -0.3 is 4.74 Å². The van der Waals surface area contributed by atoms with Gasteiger partial charge in [-0.3, -0.25) is 4.79 Å². The predicted octanol–water partition coefficient (Wildman–Crippen LogP) is 2.57. The molecule has 0 aromatic rings. The molecule has 0 heterocycles. The summed E-state index contributed by atoms with van der Waals surface area (Å²) in [5.41, 5.74) is 0.105. The van der Waals surface area contributed by atoms with Crippen LogP contribution < -0.4 is 0 Å². The van der Waals surface area contributed by atoms with Gasteiger partial charge in [0.15, 0.2) is 14.6 Å². The number of hydrogen-bond donors (Lipinski definition) is 0. The molecule has 2 fully saturated rings. The van der Waals surface area contributed by atoms with Gasteiger partial charge in [0.05, 0.1) is 0 Å². The second-order valence-corrected chi connectivity index (χ2v) is 10.4. The van der Waals surface area contributed by atoms with Crippen molar-refractivity contribution in [1.29, 1.82) is 0 Å². The molecular weight excluding hydrogens is 276 g/mol. The molecule has 116 valence electrons. The molecule has 0 aliphatic heterocycles. The Morgan fingerprint density at radius 2 is 1.80 bits per heavy atom. The van der Waals surface area contributed by atoms with Crippen LogP contribution in [0.5, 0.6) is 0 Å². The van der Waals surface area contributed by atoms with Crippen molar-refractivity contribution >= 4 is 15.8 Å². The molecule has 3 atom stereocenters. The van der Waals surface area contributed by atoms with Crippen molar-refractivity contribution in [3.8, 4) is 0 Å². The van der Waals surface area contributed by atoms with Gasteiger partial charge >= 0.3 is 5.97 Å². The number of sulfone groups is 1. The third-order valence-corrected chi connectivity index (χ3v) is 8.40. The Hall–Kier alpha value is -0.580. The molecule has 2 saturated carbocycles. The van der Waals surface area contributed by atoms with Crippen LogP contribution in [0.4, 0.5) is 0 Å². The first-order valence-corrected chi connectivity index (χ1v) is 9.14. The standard InChI is InChI=1S/C15H26O4S/c1-13(2)10-7-8-15(13,5)11(9-10)19-12(16)14(3,4)20(6,17)18/h10-11H,7-9H2,1-6H3. The van der Waals surface area contributed by atoms with Gasteiger partial charge in [-0.15, -0.1) is 0 Å². The van der Waals surface area contributed by atoms with Crippen LogP contribution in [0.2, 0.25) is 0 Å². The molecule has 0 aromatic heterocycles. The number of rotatable bonds is 3. The first-order chi connectivity index (χ1) is 8.84. The Labute approximate surface area is 122 Å². The summed E-state index contributed by atoms with van der Waals surface area (Å²) in [5.74, 6) is -0.0544. The van der Waals surface area contributed by atoms with Crippen molar-refractivity contribution in [1.82, 2.24) is 0 Å². The van der Waals surface area contributed by atoms with Crippen LogP contribution in [0.15, 0.2) is 0 Å². The molecule has 0 saturated heterocycles. The first kappa shape index (κ1) is 15.8. The van der Waals surface area contributed by atoms with Crippen LogP contribution >= 0.6 is 0 Å². The molecule has 4 nitrogen and oxygen atoms in total. The molecule has 2 bridgehead atoms. The molecule has 20 heavy (non-hydrogen) atoms. The minimum Gasteiger partial charge on any atom is -0.461 e. The number of hydrogen-bond acceptors (Lipinski definition) is 4. The normalized spacial score (nSPS) is 36.1. The van der Waals surface area contributed by atoms with E-state index in [0.29, 0.717) is 5.92 Å². The fourth-order valence-corrected chi connectivity index (χ4v) is 4.08. The summed E-state index contributed by atoms with van der Waals surface area (Å²) in [6.07, 6.45) is 4.00. The van der Waals surface area contributed by atoms with E-state index < -0.39 is 20.6 Å². The Bertz CT molecular complexity index is 532. The van der Waals surface area contributed by atoms with E-state index >= 15 is 0 Å². The molecule has 0 spiro atoms. The zero-order valence-electron chi connectivity index (χ0n) is 13.3. The van der Waals surface area contributed by atoms with E-state index in [9.17, 15) is 13.2 Å². The molecule has 0 amide bonds. The van der Waals surface area contributed by atoms with Crippen molar-refractivity contribution in [2.75, 3.05) is 6.26 Å². The monoisotopic (exact) mass is 302 g/mol. The lowest BCUT2D eigenvalue weighted by atomic mass is 9.70. The van der Waals surface area contributed by atoms with Gasteiger partial charge in [-0.05, 0) is 44.4 Å². The average molecular weight is 302 g/mol. The molecule has 2 aliphatic carbocycles. The minimum absolute atomic E-state index is 0.0408. The summed E-state index contributed by atoms with van der Waals surface area (Å²) in [6, 6.07) is 0. The number of carbonyl (C=O) groups excluding carboxylic acids is 1. The van der Waals surface area contributed by atoms with Gasteiger partial charge in [-0.25, -0.2) is 8.42 Å². The van der Waals surface area contributed by atoms with Crippen LogP contribution in [0.1, 0.15) is 53.9 Å². The van der Waals surface area contributed by atoms with Crippen LogP contribution in [-0.2, 0) is 19.4 Å². The van der Waals surface area contributed by atoms with E-state index in [0.717, 1.165) is 19.1 Å². The first-order valence-electron chi connectivity index (χ1n) is 7.25. The van der Waals surface area contributed by atoms with Crippen molar-refractivity contribution < 1.29 is 17.9 Å². The summed E-state index contributed by atoms with van der Waals surface area (Å²) >= 11 is 0. The Balaban J connectivity index is 2.20. The molecule has 2 aliphatic rings. The molecule has 3 unspecified atom stereocenters. The second kappa shape index (κ2) is 4.21. The smallest absolute Gasteiger partial charge is 0.327 e. The van der Waals surface area contributed by atoms with Crippen molar-refractivity contribution in [3.63, 3.8) is 0 Å². The summed E-state index contributed by atoms with van der Waals surface area (Å²) in [5, 5.41) is 0. The highest BCUT2D eigenvalue weighted by molar-refractivity contribution is 7.92. The molecule has 0 N–H and O–H groups in total. The maximum atomic E-state index is 12.3. The molecule has 0 radical (unpaired) electrons. The zero-order valence-corrected chi connectivity index (χ0v) is 14.1. The number of esters is 1. The largest absolute Gasteiger partial charge is 0.461 e. The lowest BCUT2D eigenvalue weighted by Gasteiger charge is -2.39. The Morgan fingerprint density at radius 1 is 1.25 bits per heavy atom. The van der Waals surface area contributed by atoms with Crippen LogP contribution in [0.3, 0.4) is 0 Å². The van der Waals surface area contributed by atoms with E-state index in [1.165, 1.54) is 20.3 Å². The fourth-order valence-electron chi connectivity index (χ4n) is 3.73. The highest BCUT2D eigenvalue weighted by atomic mass is 32.2. The maximum Gasteiger partial charge on any atom is 0.327 e. The molecule has 0 aromatic carbocycles. The van der Waals surface area contributed by atoms with E-state index in [4.69, 9.17) is 4.74 Å². The van der Waals surface area contributed by atoms with Crippen LogP contribution in [-0.4, -0.2) is 31.5 Å². The third-order valence-electron chi connectivity index (χ3n) is 6.38. The second-order valence-electron chi connectivity index (χ2n) is 7.79. The highest BCUT2D eigenvalue weighted by Crippen LogP contribution is 2.66. The summed E-state index contributed by atoms with van der Waals surface area (Å²) < 4.78 is 27.6. The van der Waals surface area contributed by atoms with Gasteiger partial charge in [0.1, 0.15) is 6.10 Å². The van der Waals surface area contributed by atoms with E-state index in [1.54, 1.807) is 0 Å². The quantitative estimate of drug-likeness (QED) is 0.752. The molecule has 2 rings (SSSR count). The number of fused-ring (bicyclic) bond motifs is 2. The van der Waals surface area contributed by atoms with Gasteiger partial charge in [-0.2, -0.15) is 0 Å². The van der Waals surface area contributed by atoms with E-state index in [2.05, 4.69) is 20.8 Å². The summed E-state index contributed by atoms with van der Waals surface area (Å²) in [4.78, 5) is 12.3. The van der Waals surface area contributed by atoms with Crippen molar-refractivity contribution in [2.24, 2.45) is 16.7 Å². The van der Waals surface area contributed by atoms with Crippen LogP contribution in [0.25, 0.3) is 0 Å². The fraction of sp³-hybridized carbons (Fsp3) is 0.933. The third kappa shape index (κ3) is 1.92. The Morgan fingerprint density at radius 3 is 2.15 bits per heavy atom. The predicted molar refractivity (Wildman–Crippen MR) is 78.0 cm³/mol. The lowest BCUT2D eigenvalue weighted by molar-refractivity contribution is -0.159. The molecular formula is C15H26O4S. The topological polar surface area (TPSA) is 60.4 Å². The summed E-state index contributed by atoms with van der Waals surface area (Å²) in [6.45, 7) is 9.49. The van der Waals surface area contributed by atoms with E-state index in [-0.39, 0.29) is 16.9 Å². The number of carbonyl (C=O) groups is 1. The average Bonchev–Trinajstić information content (AvgIpc) is 2.60.